The van der Waals surface area contributed by atoms with Crippen molar-refractivity contribution in [3.05, 3.63) is 29.0 Å². The quantitative estimate of drug-likeness (QED) is 0.288. The fraction of sp³-hybridized carbons (Fsp3) is 0.579. The molecule has 1 fully saturated rings. The summed E-state index contributed by atoms with van der Waals surface area (Å²) in [7, 11) is 3.51. The standard InChI is InChI=1S/C19H23ClF4N3O3Si/c20-13-4-3-12(9-14(13)21)30-10-16(28)27-18(31)7-5-15(26-11-18)17(29)25-8-2-1-6-19(22,23)24/h3-4,9,15,26H,1-2,5-8,10-11H2,(H,25,29)(H,27,28)/t15-,18+/m1/s1. The largest absolute Gasteiger partial charge is 0.484 e. The van der Waals surface area contributed by atoms with Crippen LogP contribution in [0.3, 0.4) is 0 Å². The van der Waals surface area contributed by atoms with Gasteiger partial charge in [0.05, 0.1) is 21.3 Å². The van der Waals surface area contributed by atoms with Crippen LogP contribution in [0.15, 0.2) is 18.2 Å². The topological polar surface area (TPSA) is 79.5 Å². The van der Waals surface area contributed by atoms with E-state index in [9.17, 15) is 27.2 Å². The molecule has 12 heteroatoms. The SMILES string of the molecule is O=C(COc1ccc(Cl)c(F)c1)N[C@]1([Si])CC[C@H](C(=O)NCCCCC(F)(F)F)NC1. The molecule has 0 aromatic heterocycles. The predicted molar refractivity (Wildman–Crippen MR) is 107 cm³/mol. The highest BCUT2D eigenvalue weighted by Gasteiger charge is 2.34. The van der Waals surface area contributed by atoms with E-state index in [1.54, 1.807) is 0 Å². The molecule has 1 aromatic carbocycles. The molecular formula is C19H23ClF4N3O3Si. The zero-order valence-electron chi connectivity index (χ0n) is 16.6. The van der Waals surface area contributed by atoms with Gasteiger partial charge in [0.2, 0.25) is 5.91 Å². The van der Waals surface area contributed by atoms with Gasteiger partial charge in [-0.3, -0.25) is 9.59 Å². The Hall–Kier alpha value is -1.85. The summed E-state index contributed by atoms with van der Waals surface area (Å²) in [5.74, 6) is -1.23. The van der Waals surface area contributed by atoms with Gasteiger partial charge in [-0.05, 0) is 37.8 Å². The molecule has 0 aliphatic carbocycles. The maximum atomic E-state index is 13.4. The van der Waals surface area contributed by atoms with Gasteiger partial charge in [-0.1, -0.05) is 11.6 Å². The van der Waals surface area contributed by atoms with Crippen LogP contribution in [0.2, 0.25) is 5.02 Å². The number of benzene rings is 1. The van der Waals surface area contributed by atoms with E-state index in [1.807, 2.05) is 0 Å². The number of unbranched alkanes of at least 4 members (excludes halogenated alkanes) is 1. The number of ether oxygens (including phenoxy) is 1. The highest BCUT2D eigenvalue weighted by atomic mass is 35.5. The number of piperidine rings is 1. The Morgan fingerprint density at radius 2 is 2.06 bits per heavy atom. The fourth-order valence-corrected chi connectivity index (χ4v) is 3.52. The molecule has 2 atom stereocenters. The van der Waals surface area contributed by atoms with Crippen LogP contribution in [0.5, 0.6) is 5.75 Å². The van der Waals surface area contributed by atoms with Crippen LogP contribution < -0.4 is 20.7 Å². The van der Waals surface area contributed by atoms with Crippen LogP contribution in [0.1, 0.15) is 32.1 Å². The van der Waals surface area contributed by atoms with E-state index in [4.69, 9.17) is 16.3 Å². The van der Waals surface area contributed by atoms with Gasteiger partial charge in [-0.15, -0.1) is 0 Å². The Morgan fingerprint density at radius 1 is 1.32 bits per heavy atom. The van der Waals surface area contributed by atoms with Gasteiger partial charge in [0.15, 0.2) is 6.61 Å². The van der Waals surface area contributed by atoms with Crippen molar-refractivity contribution >= 4 is 33.7 Å². The van der Waals surface area contributed by atoms with E-state index in [0.29, 0.717) is 12.8 Å². The molecule has 1 aromatic rings. The average Bonchev–Trinajstić information content (AvgIpc) is 2.68. The minimum atomic E-state index is -4.19. The molecule has 3 N–H and O–H groups in total. The van der Waals surface area contributed by atoms with Crippen molar-refractivity contribution in [1.82, 2.24) is 16.0 Å². The third-order valence-electron chi connectivity index (χ3n) is 4.65. The molecule has 0 spiro atoms. The van der Waals surface area contributed by atoms with E-state index in [-0.39, 0.29) is 49.2 Å². The maximum absolute atomic E-state index is 13.4. The van der Waals surface area contributed by atoms with Crippen molar-refractivity contribution in [2.75, 3.05) is 19.7 Å². The van der Waals surface area contributed by atoms with E-state index < -0.39 is 35.5 Å². The first kappa shape index (κ1) is 25.4. The Balaban J connectivity index is 1.68. The van der Waals surface area contributed by atoms with Crippen molar-refractivity contribution < 1.29 is 31.9 Å². The van der Waals surface area contributed by atoms with Gasteiger partial charge in [0.25, 0.3) is 5.91 Å². The minimum Gasteiger partial charge on any atom is -0.484 e. The Morgan fingerprint density at radius 3 is 2.68 bits per heavy atom. The van der Waals surface area contributed by atoms with Gasteiger partial charge >= 0.3 is 6.18 Å². The van der Waals surface area contributed by atoms with Crippen molar-refractivity contribution in [2.24, 2.45) is 0 Å². The van der Waals surface area contributed by atoms with E-state index in [2.05, 4.69) is 26.2 Å². The van der Waals surface area contributed by atoms with Gasteiger partial charge < -0.3 is 20.7 Å². The van der Waals surface area contributed by atoms with Crippen LogP contribution in [-0.4, -0.2) is 59.1 Å². The summed E-state index contributed by atoms with van der Waals surface area (Å²) in [6.07, 6.45) is -4.01. The summed E-state index contributed by atoms with van der Waals surface area (Å²) in [6, 6.07) is 3.34. The number of rotatable bonds is 9. The summed E-state index contributed by atoms with van der Waals surface area (Å²) < 4.78 is 54.9. The second kappa shape index (κ2) is 11.1. The molecule has 1 saturated heterocycles. The minimum absolute atomic E-state index is 0.0388. The molecule has 0 unspecified atom stereocenters. The molecule has 2 rings (SSSR count). The second-order valence-electron chi connectivity index (χ2n) is 7.33. The third kappa shape index (κ3) is 9.04. The van der Waals surface area contributed by atoms with E-state index >= 15 is 0 Å². The molecule has 171 valence electrons. The highest BCUT2D eigenvalue weighted by molar-refractivity contribution is 6.30. The number of amides is 2. The van der Waals surface area contributed by atoms with Crippen molar-refractivity contribution in [3.63, 3.8) is 0 Å². The number of hydrogen-bond acceptors (Lipinski definition) is 4. The zero-order valence-corrected chi connectivity index (χ0v) is 18.3. The molecule has 1 aliphatic heterocycles. The van der Waals surface area contributed by atoms with Gasteiger partial charge in [0.1, 0.15) is 11.6 Å². The molecule has 31 heavy (non-hydrogen) atoms. The monoisotopic (exact) mass is 480 g/mol. The van der Waals surface area contributed by atoms with Crippen LogP contribution in [0.4, 0.5) is 17.6 Å². The number of carbonyl (C=O) groups is 2. The van der Waals surface area contributed by atoms with Crippen LogP contribution in [0.25, 0.3) is 0 Å². The Kier molecular flexibility index (Phi) is 9.13. The normalized spacial score (nSPS) is 21.4. The lowest BCUT2D eigenvalue weighted by molar-refractivity contribution is -0.135. The zero-order chi connectivity index (χ0) is 23.1. The van der Waals surface area contributed by atoms with Crippen LogP contribution >= 0.6 is 11.6 Å². The van der Waals surface area contributed by atoms with E-state index in [1.165, 1.54) is 12.1 Å². The first-order valence-electron chi connectivity index (χ1n) is 9.69. The lowest BCUT2D eigenvalue weighted by Crippen LogP contribution is -2.63. The molecule has 0 bridgehead atoms. The average molecular weight is 481 g/mol. The Labute approximate surface area is 185 Å². The van der Waals surface area contributed by atoms with Crippen molar-refractivity contribution in [3.8, 4) is 5.75 Å². The molecule has 0 saturated carbocycles. The Bertz CT molecular complexity index is 774. The molecule has 3 radical (unpaired) electrons. The molecule has 6 nitrogen and oxygen atoms in total. The van der Waals surface area contributed by atoms with Crippen LogP contribution in [-0.2, 0) is 9.59 Å². The summed E-state index contributed by atoms with van der Waals surface area (Å²) in [4.78, 5) is 24.3. The number of nitrogens with one attached hydrogen (secondary N) is 3. The molecular weight excluding hydrogens is 458 g/mol. The highest BCUT2D eigenvalue weighted by Crippen LogP contribution is 2.22. The lowest BCUT2D eigenvalue weighted by atomic mass is 9.99. The molecule has 1 aliphatic rings. The summed E-state index contributed by atoms with van der Waals surface area (Å²) in [6.45, 7) is 0.0813. The van der Waals surface area contributed by atoms with E-state index in [0.717, 1.165) is 6.07 Å². The fourth-order valence-electron chi connectivity index (χ4n) is 3.01. The maximum Gasteiger partial charge on any atom is 0.389 e. The first-order valence-corrected chi connectivity index (χ1v) is 10.6. The predicted octanol–water partition coefficient (Wildman–Crippen LogP) is 2.44. The van der Waals surface area contributed by atoms with Gasteiger partial charge in [-0.25, -0.2) is 4.39 Å². The lowest BCUT2D eigenvalue weighted by Gasteiger charge is -2.38. The number of halogens is 5. The van der Waals surface area contributed by atoms with Crippen LogP contribution in [0, 0.1) is 5.82 Å². The molecule has 1 heterocycles. The summed E-state index contributed by atoms with van der Waals surface area (Å²) in [5, 5.41) is 7.53. The number of hydrogen-bond donors (Lipinski definition) is 3. The van der Waals surface area contributed by atoms with Crippen molar-refractivity contribution in [2.45, 2.75) is 49.5 Å². The smallest absolute Gasteiger partial charge is 0.389 e. The summed E-state index contributed by atoms with van der Waals surface area (Å²) in [5.41, 5.74) is 0. The molecule has 2 amide bonds. The number of alkyl halides is 3. The summed E-state index contributed by atoms with van der Waals surface area (Å²) >= 11 is 5.59. The third-order valence-corrected chi connectivity index (χ3v) is 5.51. The van der Waals surface area contributed by atoms with Gasteiger partial charge in [-0.2, -0.15) is 13.2 Å². The second-order valence-corrected chi connectivity index (χ2v) is 8.69. The number of carbonyl (C=O) groups excluding carboxylic acids is 2. The van der Waals surface area contributed by atoms with Crippen molar-refractivity contribution in [1.29, 1.82) is 0 Å². The van der Waals surface area contributed by atoms with Gasteiger partial charge in [0, 0.05) is 30.7 Å². The first-order chi connectivity index (χ1) is 14.5.